The minimum atomic E-state index is -0.994. The summed E-state index contributed by atoms with van der Waals surface area (Å²) in [5.41, 5.74) is 0.126. The molecule has 2 fully saturated rings. The van der Waals surface area contributed by atoms with Gasteiger partial charge >= 0.3 is 5.97 Å². The van der Waals surface area contributed by atoms with Gasteiger partial charge in [-0.25, -0.2) is 0 Å². The third-order valence-electron chi connectivity index (χ3n) is 5.95. The maximum absolute atomic E-state index is 10.9. The van der Waals surface area contributed by atoms with Crippen LogP contribution in [0.5, 0.6) is 0 Å². The Balaban J connectivity index is 1.31. The molecule has 0 bridgehead atoms. The van der Waals surface area contributed by atoms with Crippen LogP contribution >= 0.6 is 0 Å². The van der Waals surface area contributed by atoms with Crippen molar-refractivity contribution in [3.8, 4) is 0 Å². The Labute approximate surface area is 161 Å². The van der Waals surface area contributed by atoms with Crippen molar-refractivity contribution >= 4 is 11.7 Å². The first-order chi connectivity index (χ1) is 13.0. The summed E-state index contributed by atoms with van der Waals surface area (Å²) in [7, 11) is 0. The van der Waals surface area contributed by atoms with E-state index in [1.165, 1.54) is 0 Å². The van der Waals surface area contributed by atoms with Crippen LogP contribution in [-0.4, -0.2) is 81.9 Å². The number of carboxylic acid groups (broad SMARTS) is 1. The predicted octanol–water partition coefficient (Wildman–Crippen LogP) is 1.65. The van der Waals surface area contributed by atoms with Gasteiger partial charge in [-0.05, 0) is 50.8 Å². The zero-order valence-corrected chi connectivity index (χ0v) is 16.0. The number of piperazine rings is 1. The van der Waals surface area contributed by atoms with Crippen molar-refractivity contribution in [2.24, 2.45) is 0 Å². The molecule has 7 heteroatoms. The zero-order valence-electron chi connectivity index (χ0n) is 16.0. The van der Waals surface area contributed by atoms with Crippen LogP contribution in [0.1, 0.15) is 38.5 Å². The molecule has 3 rings (SSSR count). The summed E-state index contributed by atoms with van der Waals surface area (Å²) in [5.74, 6) is -0.900. The fourth-order valence-corrected chi connectivity index (χ4v) is 4.32. The van der Waals surface area contributed by atoms with Crippen molar-refractivity contribution in [2.45, 2.75) is 50.2 Å². The molecule has 2 heterocycles. The summed E-state index contributed by atoms with van der Waals surface area (Å²) in [4.78, 5) is 20.0. The van der Waals surface area contributed by atoms with Gasteiger partial charge in [-0.15, -0.1) is 0 Å². The molecule has 27 heavy (non-hydrogen) atoms. The number of anilines is 1. The van der Waals surface area contributed by atoms with Crippen LogP contribution in [0.25, 0.3) is 0 Å². The van der Waals surface area contributed by atoms with E-state index in [1.807, 2.05) is 12.1 Å². The Morgan fingerprint density at radius 2 is 1.85 bits per heavy atom. The Morgan fingerprint density at radius 1 is 1.19 bits per heavy atom. The van der Waals surface area contributed by atoms with Crippen molar-refractivity contribution in [1.29, 1.82) is 0 Å². The lowest BCUT2D eigenvalue weighted by Gasteiger charge is -2.44. The fraction of sp³-hybridized carbons (Fsp3) is 0.700. The highest BCUT2D eigenvalue weighted by atomic mass is 16.4. The number of aromatic nitrogens is 1. The van der Waals surface area contributed by atoms with Crippen LogP contribution in [0, 0.1) is 0 Å². The summed E-state index contributed by atoms with van der Waals surface area (Å²) >= 11 is 0. The second-order valence-corrected chi connectivity index (χ2v) is 7.92. The lowest BCUT2D eigenvalue weighted by atomic mass is 9.79. The van der Waals surface area contributed by atoms with E-state index in [1.54, 1.807) is 12.4 Å². The highest BCUT2D eigenvalue weighted by molar-refractivity contribution is 5.68. The third-order valence-corrected chi connectivity index (χ3v) is 5.95. The van der Waals surface area contributed by atoms with E-state index in [-0.39, 0.29) is 6.42 Å². The standard InChI is InChI=1S/C20H32N4O3/c25-19(26)16-20(27)6-2-18(3-7-20)24-14-12-23(13-15-24)11-1-8-22-17-4-9-21-10-5-17/h4-5,9-10,18,27H,1-3,6-8,11-16H2,(H,21,22)(H,25,26). The molecule has 1 saturated heterocycles. The molecule has 7 nitrogen and oxygen atoms in total. The number of carbonyl (C=O) groups is 1. The van der Waals surface area contributed by atoms with Crippen molar-refractivity contribution in [3.05, 3.63) is 24.5 Å². The quantitative estimate of drug-likeness (QED) is 0.595. The monoisotopic (exact) mass is 376 g/mol. The lowest BCUT2D eigenvalue weighted by molar-refractivity contribution is -0.144. The van der Waals surface area contributed by atoms with Crippen molar-refractivity contribution in [3.63, 3.8) is 0 Å². The van der Waals surface area contributed by atoms with E-state index >= 15 is 0 Å². The number of aliphatic carboxylic acids is 1. The van der Waals surface area contributed by atoms with E-state index in [0.717, 1.165) is 64.2 Å². The summed E-state index contributed by atoms with van der Waals surface area (Å²) in [6.45, 7) is 6.39. The van der Waals surface area contributed by atoms with Gasteiger partial charge in [0.05, 0.1) is 12.0 Å². The molecule has 2 aliphatic rings. The van der Waals surface area contributed by atoms with Gasteiger partial charge in [0.15, 0.2) is 0 Å². The van der Waals surface area contributed by atoms with Crippen molar-refractivity contribution in [1.82, 2.24) is 14.8 Å². The minimum Gasteiger partial charge on any atom is -0.481 e. The fourth-order valence-electron chi connectivity index (χ4n) is 4.32. The molecule has 3 N–H and O–H groups in total. The number of nitrogens with zero attached hydrogens (tertiary/aromatic N) is 3. The lowest BCUT2D eigenvalue weighted by Crippen LogP contribution is -2.52. The second kappa shape index (κ2) is 9.48. The molecule has 0 radical (unpaired) electrons. The smallest absolute Gasteiger partial charge is 0.306 e. The second-order valence-electron chi connectivity index (χ2n) is 7.92. The molecule has 1 aromatic rings. The SMILES string of the molecule is O=C(O)CC1(O)CCC(N2CCN(CCCNc3ccncc3)CC2)CC1. The summed E-state index contributed by atoms with van der Waals surface area (Å²) in [5, 5.41) is 22.8. The molecule has 1 saturated carbocycles. The van der Waals surface area contributed by atoms with E-state index < -0.39 is 11.6 Å². The first-order valence-electron chi connectivity index (χ1n) is 10.1. The highest BCUT2D eigenvalue weighted by Crippen LogP contribution is 2.33. The maximum atomic E-state index is 10.9. The Kier molecular flexibility index (Phi) is 7.04. The molecular formula is C20H32N4O3. The number of rotatable bonds is 8. The molecule has 1 aliphatic heterocycles. The number of carboxylic acids is 1. The maximum Gasteiger partial charge on any atom is 0.306 e. The first-order valence-corrected chi connectivity index (χ1v) is 10.1. The van der Waals surface area contributed by atoms with Gasteiger partial charge < -0.3 is 20.4 Å². The molecule has 0 atom stereocenters. The van der Waals surface area contributed by atoms with E-state index in [9.17, 15) is 9.90 Å². The van der Waals surface area contributed by atoms with E-state index in [4.69, 9.17) is 5.11 Å². The van der Waals surface area contributed by atoms with Crippen LogP contribution in [0.3, 0.4) is 0 Å². The number of nitrogens with one attached hydrogen (secondary N) is 1. The van der Waals surface area contributed by atoms with Crippen LogP contribution in [-0.2, 0) is 4.79 Å². The first kappa shape index (κ1) is 20.0. The molecule has 0 amide bonds. The van der Waals surface area contributed by atoms with Crippen molar-refractivity contribution < 1.29 is 15.0 Å². The van der Waals surface area contributed by atoms with Crippen LogP contribution in [0.15, 0.2) is 24.5 Å². The zero-order chi connectivity index (χ0) is 19.1. The van der Waals surface area contributed by atoms with Gasteiger partial charge in [-0.1, -0.05) is 0 Å². The molecule has 0 unspecified atom stereocenters. The average Bonchev–Trinajstić information content (AvgIpc) is 2.66. The number of aliphatic hydroxyl groups is 1. The van der Waals surface area contributed by atoms with Crippen LogP contribution in [0.2, 0.25) is 0 Å². The van der Waals surface area contributed by atoms with Crippen LogP contribution < -0.4 is 5.32 Å². The number of hydrogen-bond acceptors (Lipinski definition) is 6. The number of pyridine rings is 1. The third kappa shape index (κ3) is 6.16. The highest BCUT2D eigenvalue weighted by Gasteiger charge is 2.37. The largest absolute Gasteiger partial charge is 0.481 e. The normalized spacial score (nSPS) is 27.4. The van der Waals surface area contributed by atoms with Crippen LogP contribution in [0.4, 0.5) is 5.69 Å². The van der Waals surface area contributed by atoms with Gasteiger partial charge in [-0.3, -0.25) is 14.7 Å². The molecule has 1 aromatic heterocycles. The van der Waals surface area contributed by atoms with E-state index in [2.05, 4.69) is 20.1 Å². The van der Waals surface area contributed by atoms with Gasteiger partial charge in [-0.2, -0.15) is 0 Å². The number of hydrogen-bond donors (Lipinski definition) is 3. The van der Waals surface area contributed by atoms with Gasteiger partial charge in [0, 0.05) is 56.8 Å². The molecule has 0 spiro atoms. The predicted molar refractivity (Wildman–Crippen MR) is 105 cm³/mol. The Bertz CT molecular complexity index is 582. The van der Waals surface area contributed by atoms with Crippen molar-refractivity contribution in [2.75, 3.05) is 44.6 Å². The average molecular weight is 377 g/mol. The Morgan fingerprint density at radius 3 is 2.48 bits per heavy atom. The van der Waals surface area contributed by atoms with Gasteiger partial charge in [0.25, 0.3) is 0 Å². The summed E-state index contributed by atoms with van der Waals surface area (Å²) in [6, 6.07) is 4.47. The Hall–Kier alpha value is -1.70. The molecule has 0 aromatic carbocycles. The van der Waals surface area contributed by atoms with Gasteiger partial charge in [0.2, 0.25) is 0 Å². The van der Waals surface area contributed by atoms with Gasteiger partial charge in [0.1, 0.15) is 0 Å². The molecule has 1 aliphatic carbocycles. The summed E-state index contributed by atoms with van der Waals surface area (Å²) in [6.07, 6.45) is 7.61. The summed E-state index contributed by atoms with van der Waals surface area (Å²) < 4.78 is 0. The molecular weight excluding hydrogens is 344 g/mol. The molecule has 150 valence electrons. The van der Waals surface area contributed by atoms with E-state index in [0.29, 0.717) is 18.9 Å². The topological polar surface area (TPSA) is 88.9 Å². The minimum absolute atomic E-state index is 0.124.